The molecule has 1 aliphatic heterocycles. The molecule has 1 aliphatic carbocycles. The average Bonchev–Trinajstić information content (AvgIpc) is 3.21. The van der Waals surface area contributed by atoms with Crippen LogP contribution in [0.4, 0.5) is 5.82 Å². The van der Waals surface area contributed by atoms with Gasteiger partial charge in [-0.2, -0.15) is 0 Å². The highest BCUT2D eigenvalue weighted by Gasteiger charge is 2.52. The number of anilines is 1. The van der Waals surface area contributed by atoms with Gasteiger partial charge >= 0.3 is 0 Å². The quantitative estimate of drug-likeness (QED) is 0.854. The first-order chi connectivity index (χ1) is 11.2. The van der Waals surface area contributed by atoms with Crippen molar-refractivity contribution in [3.05, 3.63) is 17.8 Å². The molecule has 0 unspecified atom stereocenters. The lowest BCUT2D eigenvalue weighted by Crippen LogP contribution is -2.51. The fraction of sp³-hybridized carbons (Fsp3) is 0.562. The van der Waals surface area contributed by atoms with Gasteiger partial charge in [-0.1, -0.05) is 0 Å². The van der Waals surface area contributed by atoms with Crippen molar-refractivity contribution in [3.63, 3.8) is 0 Å². The van der Waals surface area contributed by atoms with Crippen molar-refractivity contribution >= 4 is 33.3 Å². The van der Waals surface area contributed by atoms with E-state index in [1.807, 2.05) is 10.3 Å². The minimum Gasteiger partial charge on any atom is -0.384 e. The van der Waals surface area contributed by atoms with E-state index in [0.29, 0.717) is 6.61 Å². The van der Waals surface area contributed by atoms with E-state index >= 15 is 0 Å². The number of carbonyl (C=O) groups is 1. The highest BCUT2D eigenvalue weighted by Crippen LogP contribution is 2.47. The third kappa shape index (κ3) is 2.57. The fourth-order valence-corrected chi connectivity index (χ4v) is 4.06. The molecule has 2 fully saturated rings. The van der Waals surface area contributed by atoms with Crippen molar-refractivity contribution < 1.29 is 9.53 Å². The number of rotatable bonds is 4. The summed E-state index contributed by atoms with van der Waals surface area (Å²) in [6, 6.07) is 2.07. The van der Waals surface area contributed by atoms with Crippen molar-refractivity contribution in [3.8, 4) is 0 Å². The molecule has 122 valence electrons. The summed E-state index contributed by atoms with van der Waals surface area (Å²) in [7, 11) is 1.67. The first-order valence-corrected chi connectivity index (χ1v) is 8.83. The maximum absolute atomic E-state index is 12.7. The number of piperazine rings is 1. The normalized spacial score (nSPS) is 20.0. The first kappa shape index (κ1) is 14.8. The van der Waals surface area contributed by atoms with Gasteiger partial charge in [-0.05, 0) is 24.3 Å². The Morgan fingerprint density at radius 1 is 1.30 bits per heavy atom. The summed E-state index contributed by atoms with van der Waals surface area (Å²) >= 11 is 1.63. The Kier molecular flexibility index (Phi) is 3.69. The van der Waals surface area contributed by atoms with Crippen molar-refractivity contribution in [2.24, 2.45) is 5.41 Å². The molecule has 7 heteroatoms. The first-order valence-electron chi connectivity index (χ1n) is 7.95. The van der Waals surface area contributed by atoms with Gasteiger partial charge in [-0.3, -0.25) is 4.79 Å². The molecule has 0 radical (unpaired) electrons. The molecule has 4 rings (SSSR count). The Morgan fingerprint density at radius 2 is 2.09 bits per heavy atom. The van der Waals surface area contributed by atoms with E-state index in [0.717, 1.165) is 55.1 Å². The van der Waals surface area contributed by atoms with Crippen molar-refractivity contribution in [2.75, 3.05) is 44.8 Å². The van der Waals surface area contributed by atoms with E-state index in [-0.39, 0.29) is 11.3 Å². The summed E-state index contributed by atoms with van der Waals surface area (Å²) in [5, 5.41) is 3.15. The lowest BCUT2D eigenvalue weighted by atomic mass is 10.1. The van der Waals surface area contributed by atoms with Crippen molar-refractivity contribution in [1.29, 1.82) is 0 Å². The number of methoxy groups -OCH3 is 1. The Morgan fingerprint density at radius 3 is 2.78 bits per heavy atom. The van der Waals surface area contributed by atoms with Crippen LogP contribution in [0.2, 0.25) is 0 Å². The van der Waals surface area contributed by atoms with Gasteiger partial charge in [0, 0.05) is 33.3 Å². The van der Waals surface area contributed by atoms with Crippen LogP contribution in [0.25, 0.3) is 10.2 Å². The van der Waals surface area contributed by atoms with Crippen molar-refractivity contribution in [1.82, 2.24) is 14.9 Å². The van der Waals surface area contributed by atoms with Crippen LogP contribution in [-0.4, -0.2) is 60.7 Å². The van der Waals surface area contributed by atoms with Gasteiger partial charge < -0.3 is 14.5 Å². The third-order valence-electron chi connectivity index (χ3n) is 4.83. The SMILES string of the molecule is COCC1(C(=O)N2CCN(c3ncnc4sccc34)CC2)CC1. The summed E-state index contributed by atoms with van der Waals surface area (Å²) < 4.78 is 5.24. The van der Waals surface area contributed by atoms with E-state index in [2.05, 4.69) is 20.9 Å². The number of nitrogens with zero attached hydrogens (tertiary/aromatic N) is 4. The number of fused-ring (bicyclic) bond motifs is 1. The molecular weight excluding hydrogens is 312 g/mol. The summed E-state index contributed by atoms with van der Waals surface area (Å²) in [5.74, 6) is 1.25. The fourth-order valence-electron chi connectivity index (χ4n) is 3.33. The molecule has 2 aliphatic rings. The van der Waals surface area contributed by atoms with Gasteiger partial charge in [0.2, 0.25) is 5.91 Å². The molecule has 0 aromatic carbocycles. The lowest BCUT2D eigenvalue weighted by molar-refractivity contribution is -0.139. The number of hydrogen-bond donors (Lipinski definition) is 0. The topological polar surface area (TPSA) is 58.6 Å². The van der Waals surface area contributed by atoms with Crippen LogP contribution < -0.4 is 4.90 Å². The number of carbonyl (C=O) groups excluding carboxylic acids is 1. The maximum atomic E-state index is 12.7. The van der Waals surface area contributed by atoms with Crippen LogP contribution in [0.15, 0.2) is 17.8 Å². The van der Waals surface area contributed by atoms with Gasteiger partial charge in [-0.25, -0.2) is 9.97 Å². The zero-order valence-electron chi connectivity index (χ0n) is 13.2. The van der Waals surface area contributed by atoms with E-state index < -0.39 is 0 Å². The number of thiophene rings is 1. The van der Waals surface area contributed by atoms with Crippen LogP contribution in [0, 0.1) is 5.41 Å². The van der Waals surface area contributed by atoms with Crippen LogP contribution in [-0.2, 0) is 9.53 Å². The van der Waals surface area contributed by atoms with Gasteiger partial charge in [0.05, 0.1) is 17.4 Å². The van der Waals surface area contributed by atoms with Crippen LogP contribution in [0.1, 0.15) is 12.8 Å². The highest BCUT2D eigenvalue weighted by molar-refractivity contribution is 7.16. The summed E-state index contributed by atoms with van der Waals surface area (Å²) in [6.07, 6.45) is 3.55. The second kappa shape index (κ2) is 5.72. The van der Waals surface area contributed by atoms with Gasteiger partial charge in [-0.15, -0.1) is 11.3 Å². The monoisotopic (exact) mass is 332 g/mol. The number of amides is 1. The maximum Gasteiger partial charge on any atom is 0.231 e. The largest absolute Gasteiger partial charge is 0.384 e. The number of hydrogen-bond acceptors (Lipinski definition) is 6. The van der Waals surface area contributed by atoms with E-state index in [1.165, 1.54) is 0 Å². The molecule has 6 nitrogen and oxygen atoms in total. The molecule has 0 spiro atoms. The molecule has 0 bridgehead atoms. The van der Waals surface area contributed by atoms with E-state index in [1.54, 1.807) is 24.8 Å². The molecule has 1 amide bonds. The second-order valence-electron chi connectivity index (χ2n) is 6.33. The summed E-state index contributed by atoms with van der Waals surface area (Å²) in [4.78, 5) is 26.7. The third-order valence-corrected chi connectivity index (χ3v) is 5.66. The molecule has 23 heavy (non-hydrogen) atoms. The Balaban J connectivity index is 1.45. The van der Waals surface area contributed by atoms with E-state index in [9.17, 15) is 4.79 Å². The molecule has 2 aromatic heterocycles. The summed E-state index contributed by atoms with van der Waals surface area (Å²) in [5.41, 5.74) is -0.230. The molecular formula is C16H20N4O2S. The van der Waals surface area contributed by atoms with Crippen LogP contribution in [0.3, 0.4) is 0 Å². The Bertz CT molecular complexity index is 720. The number of aromatic nitrogens is 2. The van der Waals surface area contributed by atoms with Crippen molar-refractivity contribution in [2.45, 2.75) is 12.8 Å². The molecule has 1 saturated heterocycles. The Hall–Kier alpha value is -1.73. The van der Waals surface area contributed by atoms with E-state index in [4.69, 9.17) is 4.74 Å². The minimum atomic E-state index is -0.230. The zero-order valence-corrected chi connectivity index (χ0v) is 14.0. The molecule has 0 atom stereocenters. The highest BCUT2D eigenvalue weighted by atomic mass is 32.1. The predicted molar refractivity (Wildman–Crippen MR) is 89.8 cm³/mol. The zero-order chi connectivity index (χ0) is 15.9. The molecule has 1 saturated carbocycles. The van der Waals surface area contributed by atoms with Crippen LogP contribution >= 0.6 is 11.3 Å². The number of ether oxygens (including phenoxy) is 1. The predicted octanol–water partition coefficient (Wildman–Crippen LogP) is 1.77. The Labute approximate surface area is 139 Å². The molecule has 0 N–H and O–H groups in total. The van der Waals surface area contributed by atoms with Gasteiger partial charge in [0.25, 0.3) is 0 Å². The second-order valence-corrected chi connectivity index (χ2v) is 7.22. The molecule has 2 aromatic rings. The molecule has 3 heterocycles. The lowest BCUT2D eigenvalue weighted by Gasteiger charge is -2.37. The standard InChI is InChI=1S/C16H20N4O2S/c1-22-10-16(3-4-16)15(21)20-7-5-19(6-8-20)13-12-2-9-23-14(12)18-11-17-13/h2,9,11H,3-8,10H2,1H3. The van der Waals surface area contributed by atoms with Gasteiger partial charge in [0.15, 0.2) is 0 Å². The van der Waals surface area contributed by atoms with Gasteiger partial charge in [0.1, 0.15) is 17.0 Å². The average molecular weight is 332 g/mol. The smallest absolute Gasteiger partial charge is 0.231 e. The minimum absolute atomic E-state index is 0.230. The van der Waals surface area contributed by atoms with Crippen LogP contribution in [0.5, 0.6) is 0 Å². The summed E-state index contributed by atoms with van der Waals surface area (Å²) in [6.45, 7) is 3.68.